The molecule has 1 fully saturated rings. The molecule has 0 radical (unpaired) electrons. The van der Waals surface area contributed by atoms with Crippen LogP contribution in [0, 0.1) is 17.3 Å². The number of rotatable bonds is 8. The van der Waals surface area contributed by atoms with Gasteiger partial charge in [0.15, 0.2) is 0 Å². The van der Waals surface area contributed by atoms with Gasteiger partial charge in [0.2, 0.25) is 5.91 Å². The lowest BCUT2D eigenvalue weighted by atomic mass is 10.1. The number of carbonyl (C=O) groups is 1. The molecule has 1 amide bonds. The maximum atomic E-state index is 12.2. The average Bonchev–Trinajstić information content (AvgIpc) is 3.08. The van der Waals surface area contributed by atoms with Crippen molar-refractivity contribution in [2.24, 2.45) is 22.4 Å². The summed E-state index contributed by atoms with van der Waals surface area (Å²) >= 11 is 11.4. The molecule has 25 heavy (non-hydrogen) atoms. The van der Waals surface area contributed by atoms with Crippen molar-refractivity contribution in [2.45, 2.75) is 33.6 Å². The lowest BCUT2D eigenvalue weighted by Crippen LogP contribution is -2.21. The number of ether oxygens (including phenoxy) is 1. The minimum absolute atomic E-state index is 0.0345. The molecule has 1 aromatic carbocycles. The molecule has 0 bridgehead atoms. The highest BCUT2D eigenvalue weighted by molar-refractivity contribution is 6.55. The first-order chi connectivity index (χ1) is 11.9. The summed E-state index contributed by atoms with van der Waals surface area (Å²) in [6, 6.07) is 7.59. The van der Waals surface area contributed by atoms with E-state index < -0.39 is 0 Å². The standard InChI is InChI=1S/C19H24Cl2N2O2/c1-4-5-10-25-14-8-6-13(7-9-14)12-22-23-18(24)17-15(11-16(20)21)19(17,2)3/h6-9,11-12,15,17H,4-5,10H2,1-3H3,(H,23,24). The molecule has 1 aliphatic rings. The molecule has 0 heterocycles. The molecule has 0 spiro atoms. The van der Waals surface area contributed by atoms with Crippen molar-refractivity contribution in [1.29, 1.82) is 0 Å². The highest BCUT2D eigenvalue weighted by atomic mass is 35.5. The summed E-state index contributed by atoms with van der Waals surface area (Å²) in [5.74, 6) is 0.567. The van der Waals surface area contributed by atoms with Crippen molar-refractivity contribution < 1.29 is 9.53 Å². The Bertz CT molecular complexity index is 650. The molecule has 2 rings (SSSR count). The van der Waals surface area contributed by atoms with Crippen molar-refractivity contribution in [3.05, 3.63) is 40.4 Å². The van der Waals surface area contributed by atoms with Crippen LogP contribution in [0.4, 0.5) is 0 Å². The fraction of sp³-hybridized carbons (Fsp3) is 0.474. The number of benzene rings is 1. The lowest BCUT2D eigenvalue weighted by molar-refractivity contribution is -0.123. The van der Waals surface area contributed by atoms with Gasteiger partial charge in [-0.05, 0) is 53.7 Å². The third-order valence-corrected chi connectivity index (χ3v) is 4.79. The normalized spacial score (nSPS) is 21.0. The number of hydrogen-bond donors (Lipinski definition) is 1. The number of hydrogen-bond acceptors (Lipinski definition) is 3. The van der Waals surface area contributed by atoms with E-state index in [-0.39, 0.29) is 27.6 Å². The van der Waals surface area contributed by atoms with Gasteiger partial charge in [0.05, 0.1) is 18.7 Å². The first kappa shape index (κ1) is 19.8. The Kier molecular flexibility index (Phi) is 6.91. The molecule has 2 unspecified atom stereocenters. The van der Waals surface area contributed by atoms with E-state index in [0.29, 0.717) is 0 Å². The van der Waals surface area contributed by atoms with Gasteiger partial charge in [-0.1, -0.05) is 50.4 Å². The number of allylic oxidation sites excluding steroid dienone is 1. The first-order valence-corrected chi connectivity index (χ1v) is 9.20. The predicted octanol–water partition coefficient (Wildman–Crippen LogP) is 4.91. The van der Waals surface area contributed by atoms with Crippen molar-refractivity contribution >= 4 is 35.3 Å². The number of amides is 1. The highest BCUT2D eigenvalue weighted by Gasteiger charge is 2.60. The van der Waals surface area contributed by atoms with E-state index in [2.05, 4.69) is 17.5 Å². The molecule has 1 saturated carbocycles. The van der Waals surface area contributed by atoms with Gasteiger partial charge in [-0.2, -0.15) is 5.10 Å². The number of nitrogens with one attached hydrogen (secondary N) is 1. The SMILES string of the molecule is CCCCOc1ccc(C=NNC(=O)C2C(C=C(Cl)Cl)C2(C)C)cc1. The Hall–Kier alpha value is -1.52. The van der Waals surface area contributed by atoms with Gasteiger partial charge in [-0.15, -0.1) is 0 Å². The molecule has 2 atom stereocenters. The third-order valence-electron chi connectivity index (χ3n) is 4.53. The smallest absolute Gasteiger partial charge is 0.244 e. The zero-order valence-electron chi connectivity index (χ0n) is 14.8. The predicted molar refractivity (Wildman–Crippen MR) is 103 cm³/mol. The molecule has 6 heteroatoms. The Morgan fingerprint density at radius 1 is 1.32 bits per heavy atom. The first-order valence-electron chi connectivity index (χ1n) is 8.45. The molecule has 4 nitrogen and oxygen atoms in total. The number of carbonyl (C=O) groups excluding carboxylic acids is 1. The van der Waals surface area contributed by atoms with E-state index in [0.717, 1.165) is 30.8 Å². The number of unbranched alkanes of at least 4 members (excludes halogenated alkanes) is 1. The number of halogens is 2. The monoisotopic (exact) mass is 382 g/mol. The lowest BCUT2D eigenvalue weighted by Gasteiger charge is -2.05. The molecule has 1 aromatic rings. The number of hydrazone groups is 1. The third kappa shape index (κ3) is 5.48. The average molecular weight is 383 g/mol. The second-order valence-electron chi connectivity index (χ2n) is 6.79. The van der Waals surface area contributed by atoms with Gasteiger partial charge in [-0.25, -0.2) is 5.43 Å². The molecule has 0 aromatic heterocycles. The van der Waals surface area contributed by atoms with Crippen LogP contribution in [0.2, 0.25) is 0 Å². The second-order valence-corrected chi connectivity index (χ2v) is 7.79. The van der Waals surface area contributed by atoms with Crippen LogP contribution in [0.3, 0.4) is 0 Å². The van der Waals surface area contributed by atoms with Crippen molar-refractivity contribution in [3.63, 3.8) is 0 Å². The van der Waals surface area contributed by atoms with Crippen LogP contribution in [0.25, 0.3) is 0 Å². The van der Waals surface area contributed by atoms with Gasteiger partial charge >= 0.3 is 0 Å². The highest BCUT2D eigenvalue weighted by Crippen LogP contribution is 2.59. The Balaban J connectivity index is 1.85. The molecule has 0 saturated heterocycles. The molecular weight excluding hydrogens is 359 g/mol. The van der Waals surface area contributed by atoms with Gasteiger partial charge in [0.25, 0.3) is 0 Å². The molecule has 136 valence electrons. The van der Waals surface area contributed by atoms with E-state index >= 15 is 0 Å². The zero-order chi connectivity index (χ0) is 18.4. The summed E-state index contributed by atoms with van der Waals surface area (Å²) in [4.78, 5) is 12.2. The summed E-state index contributed by atoms with van der Waals surface area (Å²) in [5, 5.41) is 4.04. The fourth-order valence-corrected chi connectivity index (χ4v) is 3.12. The van der Waals surface area contributed by atoms with Gasteiger partial charge in [0, 0.05) is 0 Å². The topological polar surface area (TPSA) is 50.7 Å². The molecule has 0 aliphatic heterocycles. The van der Waals surface area contributed by atoms with Crippen LogP contribution >= 0.6 is 23.2 Å². The van der Waals surface area contributed by atoms with Crippen molar-refractivity contribution in [2.75, 3.05) is 6.61 Å². The van der Waals surface area contributed by atoms with Crippen molar-refractivity contribution in [1.82, 2.24) is 5.43 Å². The largest absolute Gasteiger partial charge is 0.494 e. The van der Waals surface area contributed by atoms with Gasteiger partial charge in [0.1, 0.15) is 10.2 Å². The fourth-order valence-electron chi connectivity index (χ4n) is 2.85. The van der Waals surface area contributed by atoms with Crippen LogP contribution in [0.15, 0.2) is 39.9 Å². The summed E-state index contributed by atoms with van der Waals surface area (Å²) in [7, 11) is 0. The molecule has 1 N–H and O–H groups in total. The van der Waals surface area contributed by atoms with Crippen LogP contribution in [0.5, 0.6) is 5.75 Å². The van der Waals surface area contributed by atoms with E-state index in [1.54, 1.807) is 12.3 Å². The second kappa shape index (κ2) is 8.72. The zero-order valence-corrected chi connectivity index (χ0v) is 16.3. The maximum Gasteiger partial charge on any atom is 0.244 e. The molecule has 1 aliphatic carbocycles. The van der Waals surface area contributed by atoms with E-state index in [4.69, 9.17) is 27.9 Å². The quantitative estimate of drug-likeness (QED) is 0.394. The van der Waals surface area contributed by atoms with Gasteiger partial charge in [-0.3, -0.25) is 4.79 Å². The van der Waals surface area contributed by atoms with Crippen LogP contribution in [0.1, 0.15) is 39.2 Å². The molecular formula is C19H24Cl2N2O2. The van der Waals surface area contributed by atoms with Crippen LogP contribution in [-0.4, -0.2) is 18.7 Å². The van der Waals surface area contributed by atoms with Crippen LogP contribution in [-0.2, 0) is 4.79 Å². The van der Waals surface area contributed by atoms with Crippen LogP contribution < -0.4 is 10.2 Å². The Labute approximate surface area is 159 Å². The number of nitrogens with zero attached hydrogens (tertiary/aromatic N) is 1. The minimum atomic E-state index is -0.175. The van der Waals surface area contributed by atoms with Gasteiger partial charge < -0.3 is 4.74 Å². The van der Waals surface area contributed by atoms with E-state index in [1.165, 1.54) is 0 Å². The maximum absolute atomic E-state index is 12.2. The summed E-state index contributed by atoms with van der Waals surface area (Å²) in [5.41, 5.74) is 3.32. The Morgan fingerprint density at radius 2 is 2.00 bits per heavy atom. The minimum Gasteiger partial charge on any atom is -0.494 e. The van der Waals surface area contributed by atoms with E-state index in [1.807, 2.05) is 38.1 Å². The summed E-state index contributed by atoms with van der Waals surface area (Å²) in [6.07, 6.45) is 5.48. The summed E-state index contributed by atoms with van der Waals surface area (Å²) < 4.78 is 5.80. The summed E-state index contributed by atoms with van der Waals surface area (Å²) in [6.45, 7) is 6.87. The Morgan fingerprint density at radius 3 is 2.60 bits per heavy atom. The van der Waals surface area contributed by atoms with E-state index in [9.17, 15) is 4.79 Å². The van der Waals surface area contributed by atoms with Crippen molar-refractivity contribution in [3.8, 4) is 5.75 Å².